The van der Waals surface area contributed by atoms with Gasteiger partial charge in [-0.3, -0.25) is 4.68 Å². The van der Waals surface area contributed by atoms with Gasteiger partial charge in [0, 0.05) is 13.6 Å². The summed E-state index contributed by atoms with van der Waals surface area (Å²) in [7, 11) is 1.73. The molecular formula is C11H17N3O2. The summed E-state index contributed by atoms with van der Waals surface area (Å²) in [5.74, 6) is -0.409. The average molecular weight is 223 g/mol. The monoisotopic (exact) mass is 223 g/mol. The third-order valence-corrected chi connectivity index (χ3v) is 2.22. The second-order valence-corrected chi connectivity index (χ2v) is 3.90. The number of aryl methyl sites for hydroxylation is 2. The maximum Gasteiger partial charge on any atom is 0.341 e. The Balaban J connectivity index is 2.94. The van der Waals surface area contributed by atoms with Gasteiger partial charge in [0.25, 0.3) is 0 Å². The third-order valence-electron chi connectivity index (χ3n) is 2.22. The average Bonchev–Trinajstić information content (AvgIpc) is 2.40. The number of aromatic nitrogens is 2. The van der Waals surface area contributed by atoms with E-state index in [0.29, 0.717) is 18.1 Å². The van der Waals surface area contributed by atoms with Crippen molar-refractivity contribution in [2.45, 2.75) is 20.8 Å². The van der Waals surface area contributed by atoms with E-state index in [1.807, 2.05) is 19.9 Å². The number of allylic oxidation sites excluding steroid dienone is 1. The van der Waals surface area contributed by atoms with Gasteiger partial charge in [0.05, 0.1) is 5.69 Å². The number of hydrogen-bond acceptors (Lipinski definition) is 3. The van der Waals surface area contributed by atoms with Crippen LogP contribution in [0.15, 0.2) is 11.6 Å². The highest BCUT2D eigenvalue weighted by Gasteiger charge is 2.18. The molecule has 1 aromatic rings. The lowest BCUT2D eigenvalue weighted by Gasteiger charge is -2.05. The van der Waals surface area contributed by atoms with E-state index in [2.05, 4.69) is 10.4 Å². The highest BCUT2D eigenvalue weighted by molar-refractivity contribution is 5.94. The van der Waals surface area contributed by atoms with Crippen molar-refractivity contribution < 1.29 is 9.90 Å². The normalized spacial score (nSPS) is 10.0. The molecule has 0 saturated carbocycles. The molecule has 0 saturated heterocycles. The summed E-state index contributed by atoms with van der Waals surface area (Å²) in [6, 6.07) is 0. The fraction of sp³-hybridized carbons (Fsp3) is 0.455. The molecule has 0 fully saturated rings. The Morgan fingerprint density at radius 3 is 2.69 bits per heavy atom. The van der Waals surface area contributed by atoms with Gasteiger partial charge < -0.3 is 10.4 Å². The van der Waals surface area contributed by atoms with Crippen molar-refractivity contribution in [3.63, 3.8) is 0 Å². The number of rotatable bonds is 4. The summed E-state index contributed by atoms with van der Waals surface area (Å²) in [6.45, 7) is 6.28. The number of nitrogens with one attached hydrogen (secondary N) is 1. The second-order valence-electron chi connectivity index (χ2n) is 3.90. The van der Waals surface area contributed by atoms with Crippen LogP contribution in [0.1, 0.15) is 29.9 Å². The summed E-state index contributed by atoms with van der Waals surface area (Å²) >= 11 is 0. The van der Waals surface area contributed by atoms with E-state index in [9.17, 15) is 4.79 Å². The molecule has 1 rings (SSSR count). The highest BCUT2D eigenvalue weighted by Crippen LogP contribution is 2.18. The summed E-state index contributed by atoms with van der Waals surface area (Å²) in [5, 5.41) is 16.2. The first-order chi connectivity index (χ1) is 7.43. The number of anilines is 1. The van der Waals surface area contributed by atoms with Crippen molar-refractivity contribution in [2.75, 3.05) is 11.9 Å². The molecule has 5 heteroatoms. The molecule has 5 nitrogen and oxygen atoms in total. The highest BCUT2D eigenvalue weighted by atomic mass is 16.4. The van der Waals surface area contributed by atoms with Crippen LogP contribution in [-0.2, 0) is 7.05 Å². The fourth-order valence-electron chi connectivity index (χ4n) is 1.47. The summed E-state index contributed by atoms with van der Waals surface area (Å²) in [4.78, 5) is 11.0. The fourth-order valence-corrected chi connectivity index (χ4v) is 1.47. The lowest BCUT2D eigenvalue weighted by atomic mass is 10.2. The quantitative estimate of drug-likeness (QED) is 0.764. The van der Waals surface area contributed by atoms with Gasteiger partial charge in [-0.25, -0.2) is 4.79 Å². The SMILES string of the molecule is CC(C)=CCNc1c(C(=O)O)c(C)nn1C. The summed E-state index contributed by atoms with van der Waals surface area (Å²) < 4.78 is 1.55. The Morgan fingerprint density at radius 2 is 2.19 bits per heavy atom. The Hall–Kier alpha value is -1.78. The molecule has 88 valence electrons. The molecule has 16 heavy (non-hydrogen) atoms. The minimum atomic E-state index is -0.953. The van der Waals surface area contributed by atoms with Crippen molar-refractivity contribution in [1.29, 1.82) is 0 Å². The van der Waals surface area contributed by atoms with Gasteiger partial charge in [-0.05, 0) is 20.8 Å². The smallest absolute Gasteiger partial charge is 0.341 e. The number of aromatic carboxylic acids is 1. The van der Waals surface area contributed by atoms with Crippen LogP contribution in [0.3, 0.4) is 0 Å². The van der Waals surface area contributed by atoms with Crippen LogP contribution < -0.4 is 5.32 Å². The summed E-state index contributed by atoms with van der Waals surface area (Å²) in [6.07, 6.45) is 1.99. The molecule has 0 radical (unpaired) electrons. The minimum absolute atomic E-state index is 0.240. The molecule has 0 aliphatic carbocycles. The topological polar surface area (TPSA) is 67.2 Å². The van der Waals surface area contributed by atoms with Gasteiger partial charge in [0.15, 0.2) is 0 Å². The van der Waals surface area contributed by atoms with E-state index in [1.165, 1.54) is 5.57 Å². The van der Waals surface area contributed by atoms with E-state index in [0.717, 1.165) is 0 Å². The molecule has 1 heterocycles. The molecule has 0 atom stereocenters. The van der Waals surface area contributed by atoms with Gasteiger partial charge >= 0.3 is 5.97 Å². The Morgan fingerprint density at radius 1 is 1.56 bits per heavy atom. The zero-order valence-electron chi connectivity index (χ0n) is 10.0. The van der Waals surface area contributed by atoms with Crippen molar-refractivity contribution in [1.82, 2.24) is 9.78 Å². The van der Waals surface area contributed by atoms with Gasteiger partial charge in [-0.1, -0.05) is 11.6 Å². The second kappa shape index (κ2) is 4.83. The molecule has 2 N–H and O–H groups in total. The largest absolute Gasteiger partial charge is 0.477 e. The summed E-state index contributed by atoms with van der Waals surface area (Å²) in [5.41, 5.74) is 1.95. The van der Waals surface area contributed by atoms with E-state index in [4.69, 9.17) is 5.11 Å². The molecule has 0 amide bonds. The maximum absolute atomic E-state index is 11.0. The molecule has 0 aromatic carbocycles. The first-order valence-corrected chi connectivity index (χ1v) is 5.07. The predicted molar refractivity (Wildman–Crippen MR) is 62.8 cm³/mol. The van der Waals surface area contributed by atoms with Crippen LogP contribution in [0, 0.1) is 6.92 Å². The zero-order valence-corrected chi connectivity index (χ0v) is 10.0. The molecule has 0 aliphatic rings. The van der Waals surface area contributed by atoms with Crippen LogP contribution in [0.2, 0.25) is 0 Å². The number of hydrogen-bond donors (Lipinski definition) is 2. The molecule has 1 aromatic heterocycles. The molecule has 0 aliphatic heterocycles. The Bertz CT molecular complexity index is 429. The van der Waals surface area contributed by atoms with Gasteiger partial charge in [-0.15, -0.1) is 0 Å². The van der Waals surface area contributed by atoms with Crippen LogP contribution in [0.4, 0.5) is 5.82 Å². The van der Waals surface area contributed by atoms with E-state index < -0.39 is 5.97 Å². The molecule has 0 unspecified atom stereocenters. The van der Waals surface area contributed by atoms with Crippen molar-refractivity contribution in [2.24, 2.45) is 7.05 Å². The predicted octanol–water partition coefficient (Wildman–Crippen LogP) is 1.80. The number of carbonyl (C=O) groups is 1. The number of carboxylic acid groups (broad SMARTS) is 1. The Labute approximate surface area is 94.8 Å². The van der Waals surface area contributed by atoms with Crippen LogP contribution in [0.5, 0.6) is 0 Å². The van der Waals surface area contributed by atoms with Crippen LogP contribution in [-0.4, -0.2) is 27.4 Å². The lowest BCUT2D eigenvalue weighted by molar-refractivity contribution is 0.0697. The molecule has 0 spiro atoms. The number of carboxylic acids is 1. The third kappa shape index (κ3) is 2.62. The van der Waals surface area contributed by atoms with Gasteiger partial charge in [-0.2, -0.15) is 5.10 Å². The minimum Gasteiger partial charge on any atom is -0.477 e. The van der Waals surface area contributed by atoms with E-state index >= 15 is 0 Å². The first-order valence-electron chi connectivity index (χ1n) is 5.07. The lowest BCUT2D eigenvalue weighted by Crippen LogP contribution is -2.09. The molecular weight excluding hydrogens is 206 g/mol. The maximum atomic E-state index is 11.0. The first kappa shape index (κ1) is 12.3. The zero-order chi connectivity index (χ0) is 12.3. The van der Waals surface area contributed by atoms with Crippen molar-refractivity contribution >= 4 is 11.8 Å². The van der Waals surface area contributed by atoms with Crippen LogP contribution >= 0.6 is 0 Å². The number of nitrogens with zero attached hydrogens (tertiary/aromatic N) is 2. The van der Waals surface area contributed by atoms with Crippen molar-refractivity contribution in [3.05, 3.63) is 22.9 Å². The van der Waals surface area contributed by atoms with E-state index in [-0.39, 0.29) is 5.56 Å². The van der Waals surface area contributed by atoms with E-state index in [1.54, 1.807) is 18.7 Å². The standard InChI is InChI=1S/C11H17N3O2/c1-7(2)5-6-12-10-9(11(15)16)8(3)13-14(10)4/h5,12H,6H2,1-4H3,(H,15,16). The van der Waals surface area contributed by atoms with Gasteiger partial charge in [0.1, 0.15) is 11.4 Å². The van der Waals surface area contributed by atoms with Crippen LogP contribution in [0.25, 0.3) is 0 Å². The van der Waals surface area contributed by atoms with Gasteiger partial charge in [0.2, 0.25) is 0 Å². The van der Waals surface area contributed by atoms with Crippen molar-refractivity contribution in [3.8, 4) is 0 Å². The molecule has 0 bridgehead atoms. The Kier molecular flexibility index (Phi) is 3.71.